The molecule has 7 nitrogen and oxygen atoms in total. The summed E-state index contributed by atoms with van der Waals surface area (Å²) in [5.74, 6) is 0. The van der Waals surface area contributed by atoms with E-state index in [0.29, 0.717) is 28.8 Å². The molecule has 2 aromatic carbocycles. The molecule has 0 saturated carbocycles. The highest BCUT2D eigenvalue weighted by molar-refractivity contribution is 5.84. The average Bonchev–Trinajstić information content (AvgIpc) is 3.29. The second kappa shape index (κ2) is 6.87. The number of fused-ring (bicyclic) bond motifs is 4. The zero-order valence-electron chi connectivity index (χ0n) is 16.4. The highest BCUT2D eigenvalue weighted by atomic mass is 16.3. The molecular weight excluding hydrogens is 378 g/mol. The van der Waals surface area contributed by atoms with Gasteiger partial charge in [0.15, 0.2) is 0 Å². The molecule has 7 heteroatoms. The number of aromatic nitrogens is 4. The molecule has 1 N–H and O–H groups in total. The molecule has 5 rings (SSSR count). The molecule has 0 aliphatic carbocycles. The first-order chi connectivity index (χ1) is 14.6. The van der Waals surface area contributed by atoms with Crippen LogP contribution in [0.3, 0.4) is 0 Å². The Morgan fingerprint density at radius 2 is 1.77 bits per heavy atom. The zero-order chi connectivity index (χ0) is 20.8. The van der Waals surface area contributed by atoms with Crippen molar-refractivity contribution in [2.24, 2.45) is 0 Å². The SMILES string of the molecule is Cc1cc(=O)n2c3ccccc3n(CC(O)Cn3cnc4ccccc43)c2c1C#N. The number of imidazole rings is 2. The molecule has 0 fully saturated rings. The van der Waals surface area contributed by atoms with Crippen LogP contribution in [0, 0.1) is 18.3 Å². The average molecular weight is 397 g/mol. The lowest BCUT2D eigenvalue weighted by Crippen LogP contribution is -2.23. The summed E-state index contributed by atoms with van der Waals surface area (Å²) in [5.41, 5.74) is 4.72. The molecule has 0 bridgehead atoms. The van der Waals surface area contributed by atoms with Crippen LogP contribution >= 0.6 is 0 Å². The molecule has 0 aliphatic rings. The van der Waals surface area contributed by atoms with Crippen LogP contribution < -0.4 is 5.56 Å². The molecule has 1 unspecified atom stereocenters. The summed E-state index contributed by atoms with van der Waals surface area (Å²) in [5, 5.41) is 20.7. The number of nitriles is 1. The van der Waals surface area contributed by atoms with E-state index in [9.17, 15) is 15.2 Å². The van der Waals surface area contributed by atoms with E-state index in [2.05, 4.69) is 11.1 Å². The Morgan fingerprint density at radius 1 is 1.07 bits per heavy atom. The van der Waals surface area contributed by atoms with Gasteiger partial charge < -0.3 is 14.2 Å². The standard InChI is InChI=1S/C23H19N5O2/c1-15-10-22(30)28-21-9-5-4-8-20(21)27(23(28)17(15)11-24)13-16(29)12-26-14-25-18-6-2-3-7-19(18)26/h2-10,14,16,29H,12-13H2,1H3. The number of benzene rings is 2. The fraction of sp³-hybridized carbons (Fsp3) is 0.174. The normalized spacial score (nSPS) is 12.6. The Bertz CT molecular complexity index is 1520. The molecular formula is C23H19N5O2. The third-order valence-electron chi connectivity index (χ3n) is 5.50. The lowest BCUT2D eigenvalue weighted by molar-refractivity contribution is 0.138. The maximum atomic E-state index is 12.7. The van der Waals surface area contributed by atoms with Crippen LogP contribution in [0.4, 0.5) is 0 Å². The first kappa shape index (κ1) is 18.2. The van der Waals surface area contributed by atoms with Gasteiger partial charge >= 0.3 is 0 Å². The maximum Gasteiger partial charge on any atom is 0.257 e. The third-order valence-corrected chi connectivity index (χ3v) is 5.50. The van der Waals surface area contributed by atoms with Gasteiger partial charge in [-0.15, -0.1) is 0 Å². The molecule has 5 aromatic rings. The van der Waals surface area contributed by atoms with E-state index < -0.39 is 6.10 Å². The number of para-hydroxylation sites is 4. The van der Waals surface area contributed by atoms with Gasteiger partial charge in [-0.1, -0.05) is 24.3 Å². The molecule has 148 valence electrons. The topological polar surface area (TPSA) is 88.2 Å². The molecule has 1 atom stereocenters. The van der Waals surface area contributed by atoms with Crippen molar-refractivity contribution in [2.45, 2.75) is 26.1 Å². The summed E-state index contributed by atoms with van der Waals surface area (Å²) in [4.78, 5) is 17.1. The lowest BCUT2D eigenvalue weighted by atomic mass is 10.1. The quantitative estimate of drug-likeness (QED) is 0.505. The first-order valence-corrected chi connectivity index (χ1v) is 9.70. The predicted octanol–water partition coefficient (Wildman–Crippen LogP) is 2.85. The number of hydrogen-bond donors (Lipinski definition) is 1. The lowest BCUT2D eigenvalue weighted by Gasteiger charge is -2.15. The van der Waals surface area contributed by atoms with Crippen LogP contribution in [0.1, 0.15) is 11.1 Å². The van der Waals surface area contributed by atoms with Gasteiger partial charge in [-0.3, -0.25) is 9.20 Å². The smallest absolute Gasteiger partial charge is 0.257 e. The largest absolute Gasteiger partial charge is 0.389 e. The van der Waals surface area contributed by atoms with Crippen molar-refractivity contribution in [3.05, 3.63) is 82.4 Å². The van der Waals surface area contributed by atoms with Crippen molar-refractivity contribution in [3.63, 3.8) is 0 Å². The van der Waals surface area contributed by atoms with Crippen LogP contribution in [0.2, 0.25) is 0 Å². The van der Waals surface area contributed by atoms with Crippen molar-refractivity contribution in [3.8, 4) is 6.07 Å². The minimum absolute atomic E-state index is 0.188. The van der Waals surface area contributed by atoms with Gasteiger partial charge in [-0.05, 0) is 36.8 Å². The number of aryl methyl sites for hydroxylation is 1. The fourth-order valence-corrected chi connectivity index (χ4v) is 4.17. The van der Waals surface area contributed by atoms with Crippen LogP contribution in [0.15, 0.2) is 65.7 Å². The van der Waals surface area contributed by atoms with Gasteiger partial charge in [-0.25, -0.2) is 4.98 Å². The van der Waals surface area contributed by atoms with Crippen molar-refractivity contribution >= 4 is 27.7 Å². The third kappa shape index (κ3) is 2.70. The predicted molar refractivity (Wildman–Crippen MR) is 114 cm³/mol. The van der Waals surface area contributed by atoms with E-state index >= 15 is 0 Å². The Hall–Kier alpha value is -3.89. The first-order valence-electron chi connectivity index (χ1n) is 9.70. The highest BCUT2D eigenvalue weighted by Crippen LogP contribution is 2.24. The number of hydrogen-bond acceptors (Lipinski definition) is 4. The molecule has 3 aromatic heterocycles. The molecule has 0 aliphatic heterocycles. The minimum Gasteiger partial charge on any atom is -0.389 e. The van der Waals surface area contributed by atoms with Gasteiger partial charge in [0, 0.05) is 6.07 Å². The number of rotatable bonds is 4. The summed E-state index contributed by atoms with van der Waals surface area (Å²) in [7, 11) is 0. The minimum atomic E-state index is -0.746. The molecule has 3 heterocycles. The van der Waals surface area contributed by atoms with Gasteiger partial charge in [-0.2, -0.15) is 5.26 Å². The van der Waals surface area contributed by atoms with E-state index in [0.717, 1.165) is 16.6 Å². The zero-order valence-corrected chi connectivity index (χ0v) is 16.4. The number of aliphatic hydroxyl groups is 1. The number of aliphatic hydroxyl groups excluding tert-OH is 1. The van der Waals surface area contributed by atoms with E-state index in [1.807, 2.05) is 57.7 Å². The molecule has 0 saturated heterocycles. The monoisotopic (exact) mass is 397 g/mol. The van der Waals surface area contributed by atoms with E-state index in [-0.39, 0.29) is 12.1 Å². The maximum absolute atomic E-state index is 12.7. The Labute approximate surface area is 171 Å². The van der Waals surface area contributed by atoms with Crippen molar-refractivity contribution < 1.29 is 5.11 Å². The van der Waals surface area contributed by atoms with Gasteiger partial charge in [0.1, 0.15) is 11.7 Å². The Morgan fingerprint density at radius 3 is 2.53 bits per heavy atom. The summed E-state index contributed by atoms with van der Waals surface area (Å²) < 4.78 is 5.34. The van der Waals surface area contributed by atoms with E-state index in [1.54, 1.807) is 17.7 Å². The van der Waals surface area contributed by atoms with Gasteiger partial charge in [0.25, 0.3) is 5.56 Å². The highest BCUT2D eigenvalue weighted by Gasteiger charge is 2.19. The number of nitrogens with zero attached hydrogens (tertiary/aromatic N) is 5. The van der Waals surface area contributed by atoms with Crippen molar-refractivity contribution in [2.75, 3.05) is 0 Å². The molecule has 0 amide bonds. The fourth-order valence-electron chi connectivity index (χ4n) is 4.17. The van der Waals surface area contributed by atoms with E-state index in [1.165, 1.54) is 6.07 Å². The number of pyridine rings is 1. The Kier molecular flexibility index (Phi) is 4.16. The van der Waals surface area contributed by atoms with Crippen LogP contribution in [-0.4, -0.2) is 29.7 Å². The second-order valence-corrected chi connectivity index (χ2v) is 7.45. The van der Waals surface area contributed by atoms with Gasteiger partial charge in [0.2, 0.25) is 0 Å². The summed E-state index contributed by atoms with van der Waals surface area (Å²) in [6, 6.07) is 19.0. The summed E-state index contributed by atoms with van der Waals surface area (Å²) in [6.07, 6.45) is 0.971. The van der Waals surface area contributed by atoms with Crippen molar-refractivity contribution in [1.82, 2.24) is 18.5 Å². The van der Waals surface area contributed by atoms with Crippen LogP contribution in [0.5, 0.6) is 0 Å². The van der Waals surface area contributed by atoms with Gasteiger partial charge in [0.05, 0.1) is 53.2 Å². The Balaban J connectivity index is 1.64. The van der Waals surface area contributed by atoms with Crippen molar-refractivity contribution in [1.29, 1.82) is 5.26 Å². The second-order valence-electron chi connectivity index (χ2n) is 7.45. The summed E-state index contributed by atoms with van der Waals surface area (Å²) >= 11 is 0. The van der Waals surface area contributed by atoms with Crippen LogP contribution in [0.25, 0.3) is 27.7 Å². The van der Waals surface area contributed by atoms with E-state index in [4.69, 9.17) is 0 Å². The molecule has 30 heavy (non-hydrogen) atoms. The summed E-state index contributed by atoms with van der Waals surface area (Å²) in [6.45, 7) is 2.34. The van der Waals surface area contributed by atoms with Crippen LogP contribution in [-0.2, 0) is 13.1 Å². The molecule has 0 radical (unpaired) electrons. The molecule has 0 spiro atoms.